The fourth-order valence-electron chi connectivity index (χ4n) is 3.17. The monoisotopic (exact) mass is 276 g/mol. The Morgan fingerprint density at radius 2 is 1.89 bits per heavy atom. The topological polar surface area (TPSA) is 57.5 Å². The van der Waals surface area contributed by atoms with Gasteiger partial charge in [-0.1, -0.05) is 25.3 Å². The molecule has 0 saturated heterocycles. The van der Waals surface area contributed by atoms with Crippen molar-refractivity contribution in [1.29, 1.82) is 0 Å². The van der Waals surface area contributed by atoms with Crippen LogP contribution in [0.3, 0.4) is 0 Å². The lowest BCUT2D eigenvalue weighted by Crippen LogP contribution is -2.37. The lowest BCUT2D eigenvalue weighted by atomic mass is 9.69. The van der Waals surface area contributed by atoms with Crippen molar-refractivity contribution in [3.63, 3.8) is 0 Å². The van der Waals surface area contributed by atoms with Gasteiger partial charge in [0.05, 0.1) is 5.41 Å². The molecule has 1 aromatic carbocycles. The second-order valence-electron chi connectivity index (χ2n) is 5.24. The molecule has 2 N–H and O–H groups in total. The molecule has 100 valence electrons. The van der Waals surface area contributed by atoms with Crippen LogP contribution in [0.25, 0.3) is 10.1 Å². The van der Waals surface area contributed by atoms with Crippen molar-refractivity contribution < 1.29 is 15.0 Å². The molecule has 3 nitrogen and oxygen atoms in total. The van der Waals surface area contributed by atoms with Gasteiger partial charge in [0.1, 0.15) is 5.75 Å². The highest BCUT2D eigenvalue weighted by Gasteiger charge is 2.43. The number of hydrogen-bond donors (Lipinski definition) is 2. The molecule has 4 heteroatoms. The molecular weight excluding hydrogens is 260 g/mol. The number of hydrogen-bond acceptors (Lipinski definition) is 3. The van der Waals surface area contributed by atoms with Gasteiger partial charge in [-0.3, -0.25) is 4.79 Å². The Morgan fingerprint density at radius 3 is 2.58 bits per heavy atom. The van der Waals surface area contributed by atoms with Gasteiger partial charge in [0, 0.05) is 15.6 Å². The van der Waals surface area contributed by atoms with Crippen molar-refractivity contribution in [1.82, 2.24) is 0 Å². The average Bonchev–Trinajstić information content (AvgIpc) is 2.89. The van der Waals surface area contributed by atoms with Gasteiger partial charge in [0.25, 0.3) is 0 Å². The summed E-state index contributed by atoms with van der Waals surface area (Å²) in [5.74, 6) is -0.653. The van der Waals surface area contributed by atoms with Crippen LogP contribution in [-0.4, -0.2) is 16.2 Å². The highest BCUT2D eigenvalue weighted by atomic mass is 32.1. The summed E-state index contributed by atoms with van der Waals surface area (Å²) in [4.78, 5) is 11.8. The van der Waals surface area contributed by atoms with E-state index in [-0.39, 0.29) is 5.75 Å². The highest BCUT2D eigenvalue weighted by Crippen LogP contribution is 2.46. The molecule has 0 unspecified atom stereocenters. The number of carbonyl (C=O) groups is 1. The number of benzene rings is 1. The molecule has 2 aromatic rings. The minimum absolute atomic E-state index is 0.156. The van der Waals surface area contributed by atoms with Crippen LogP contribution in [0.1, 0.15) is 37.7 Å². The molecule has 0 radical (unpaired) electrons. The number of carboxylic acid groups (broad SMARTS) is 1. The van der Waals surface area contributed by atoms with Gasteiger partial charge in [-0.25, -0.2) is 0 Å². The summed E-state index contributed by atoms with van der Waals surface area (Å²) in [6.45, 7) is 0. The largest absolute Gasteiger partial charge is 0.507 e. The lowest BCUT2D eigenvalue weighted by Gasteiger charge is -2.34. The standard InChI is InChI=1S/C15H16O3S/c16-13-10-6-9-19-12(10)5-4-11(13)15(14(17)18)7-2-1-3-8-15/h4-6,9,16H,1-3,7-8H2,(H,17,18). The predicted molar refractivity (Wildman–Crippen MR) is 75.9 cm³/mol. The minimum Gasteiger partial charge on any atom is -0.507 e. The van der Waals surface area contributed by atoms with Crippen molar-refractivity contribution in [3.05, 3.63) is 29.1 Å². The molecule has 1 aliphatic rings. The SMILES string of the molecule is O=C(O)C1(c2ccc3sccc3c2O)CCCCC1. The van der Waals surface area contributed by atoms with E-state index in [1.165, 1.54) is 0 Å². The van der Waals surface area contributed by atoms with Gasteiger partial charge < -0.3 is 10.2 Å². The molecule has 1 aromatic heterocycles. The molecule has 0 amide bonds. The molecule has 0 atom stereocenters. The third-order valence-electron chi connectivity index (χ3n) is 4.24. The van der Waals surface area contributed by atoms with E-state index in [1.54, 1.807) is 17.4 Å². The van der Waals surface area contributed by atoms with E-state index in [4.69, 9.17) is 0 Å². The molecule has 0 spiro atoms. The van der Waals surface area contributed by atoms with E-state index >= 15 is 0 Å². The summed E-state index contributed by atoms with van der Waals surface area (Å²) in [7, 11) is 0. The van der Waals surface area contributed by atoms with Crippen LogP contribution in [0.15, 0.2) is 23.6 Å². The summed E-state index contributed by atoms with van der Waals surface area (Å²) < 4.78 is 0.998. The molecule has 1 saturated carbocycles. The maximum atomic E-state index is 11.8. The van der Waals surface area contributed by atoms with Gasteiger partial charge >= 0.3 is 5.97 Å². The smallest absolute Gasteiger partial charge is 0.314 e. The first-order chi connectivity index (χ1) is 9.15. The number of rotatable bonds is 2. The van der Waals surface area contributed by atoms with E-state index < -0.39 is 11.4 Å². The molecule has 0 aliphatic heterocycles. The first kappa shape index (κ1) is 12.5. The average molecular weight is 276 g/mol. The van der Waals surface area contributed by atoms with Crippen molar-refractivity contribution in [3.8, 4) is 5.75 Å². The maximum absolute atomic E-state index is 11.8. The molecule has 0 bridgehead atoms. The first-order valence-electron chi connectivity index (χ1n) is 6.58. The summed E-state index contributed by atoms with van der Waals surface area (Å²) in [6, 6.07) is 5.58. The zero-order valence-electron chi connectivity index (χ0n) is 10.6. The Morgan fingerprint density at radius 1 is 1.16 bits per heavy atom. The van der Waals surface area contributed by atoms with Gasteiger partial charge in [0.15, 0.2) is 0 Å². The van der Waals surface area contributed by atoms with Crippen LogP contribution < -0.4 is 0 Å². The van der Waals surface area contributed by atoms with Crippen LogP contribution in [0, 0.1) is 0 Å². The highest BCUT2D eigenvalue weighted by molar-refractivity contribution is 7.17. The van der Waals surface area contributed by atoms with Crippen molar-refractivity contribution in [2.45, 2.75) is 37.5 Å². The Hall–Kier alpha value is -1.55. The molecule has 1 fully saturated rings. The van der Waals surface area contributed by atoms with Gasteiger partial charge in [-0.15, -0.1) is 11.3 Å². The second-order valence-corrected chi connectivity index (χ2v) is 6.19. The quantitative estimate of drug-likeness (QED) is 0.874. The first-order valence-corrected chi connectivity index (χ1v) is 7.46. The molecule has 1 heterocycles. The Bertz CT molecular complexity index is 623. The number of aromatic hydroxyl groups is 1. The predicted octanol–water partition coefficient (Wildman–Crippen LogP) is 3.89. The van der Waals surface area contributed by atoms with Crippen LogP contribution in [0.4, 0.5) is 0 Å². The summed E-state index contributed by atoms with van der Waals surface area (Å²) in [5.41, 5.74) is -0.316. The summed E-state index contributed by atoms with van der Waals surface area (Å²) in [5, 5.41) is 22.8. The molecular formula is C15H16O3S. The van der Waals surface area contributed by atoms with E-state index in [9.17, 15) is 15.0 Å². The molecule has 19 heavy (non-hydrogen) atoms. The van der Waals surface area contributed by atoms with E-state index in [1.807, 2.05) is 17.5 Å². The fourth-order valence-corrected chi connectivity index (χ4v) is 3.96. The maximum Gasteiger partial charge on any atom is 0.314 e. The summed E-state index contributed by atoms with van der Waals surface area (Å²) in [6.07, 6.45) is 4.13. The summed E-state index contributed by atoms with van der Waals surface area (Å²) >= 11 is 1.56. The number of phenolic OH excluding ortho intramolecular Hbond substituents is 1. The van der Waals surface area contributed by atoms with E-state index in [0.29, 0.717) is 18.4 Å². The van der Waals surface area contributed by atoms with E-state index in [0.717, 1.165) is 29.3 Å². The van der Waals surface area contributed by atoms with Gasteiger partial charge in [0.2, 0.25) is 0 Å². The molecule has 1 aliphatic carbocycles. The van der Waals surface area contributed by atoms with Crippen molar-refractivity contribution >= 4 is 27.4 Å². The van der Waals surface area contributed by atoms with E-state index in [2.05, 4.69) is 0 Å². The Labute approximate surface area is 115 Å². The van der Waals surface area contributed by atoms with Gasteiger partial charge in [-0.2, -0.15) is 0 Å². The Balaban J connectivity index is 2.19. The third-order valence-corrected chi connectivity index (χ3v) is 5.12. The number of phenols is 1. The number of carboxylic acids is 1. The third kappa shape index (κ3) is 1.82. The zero-order chi connectivity index (χ0) is 13.5. The molecule has 3 rings (SSSR count). The lowest BCUT2D eigenvalue weighted by molar-refractivity contribution is -0.145. The number of fused-ring (bicyclic) bond motifs is 1. The fraction of sp³-hybridized carbons (Fsp3) is 0.400. The minimum atomic E-state index is -0.904. The van der Waals surface area contributed by atoms with Crippen LogP contribution in [0.2, 0.25) is 0 Å². The second kappa shape index (κ2) is 4.53. The number of aliphatic carboxylic acids is 1. The van der Waals surface area contributed by atoms with Crippen LogP contribution in [-0.2, 0) is 10.2 Å². The number of thiophene rings is 1. The van der Waals surface area contributed by atoms with Crippen molar-refractivity contribution in [2.75, 3.05) is 0 Å². The van der Waals surface area contributed by atoms with Gasteiger partial charge in [-0.05, 0) is 30.4 Å². The van der Waals surface area contributed by atoms with Crippen LogP contribution >= 0.6 is 11.3 Å². The van der Waals surface area contributed by atoms with Crippen LogP contribution in [0.5, 0.6) is 5.75 Å². The van der Waals surface area contributed by atoms with Crippen molar-refractivity contribution in [2.24, 2.45) is 0 Å². The Kier molecular flexibility index (Phi) is 2.97. The zero-order valence-corrected chi connectivity index (χ0v) is 11.4. The normalized spacial score (nSPS) is 18.5.